The molecule has 1 atom stereocenters. The predicted octanol–water partition coefficient (Wildman–Crippen LogP) is 3.72. The van der Waals surface area contributed by atoms with Crippen LogP contribution < -0.4 is 9.64 Å². The second-order valence-electron chi connectivity index (χ2n) is 5.69. The number of carbonyl (C=O) groups is 1. The van der Waals surface area contributed by atoms with Crippen LogP contribution in [-0.2, 0) is 14.6 Å². The minimum atomic E-state index is -3.31. The van der Waals surface area contributed by atoms with Crippen LogP contribution in [0.5, 0.6) is 5.75 Å². The maximum atomic E-state index is 12.8. The molecule has 1 amide bonds. The number of halogens is 2. The minimum Gasteiger partial charge on any atom is -0.484 e. The van der Waals surface area contributed by atoms with Gasteiger partial charge in [0.05, 0.1) is 21.8 Å². The first kappa shape index (κ1) is 18.8. The van der Waals surface area contributed by atoms with Crippen LogP contribution in [0, 0.1) is 0 Å². The van der Waals surface area contributed by atoms with Crippen molar-refractivity contribution in [1.29, 1.82) is 0 Å². The lowest BCUT2D eigenvalue weighted by molar-refractivity contribution is -0.120. The molecule has 0 aliphatic carbocycles. The number of nitrogens with zero attached hydrogens (tertiary/aromatic N) is 1. The third kappa shape index (κ3) is 4.38. The summed E-state index contributed by atoms with van der Waals surface area (Å²) in [6.07, 6.45) is 1.51. The van der Waals surface area contributed by atoms with Crippen molar-refractivity contribution in [2.24, 2.45) is 0 Å². The van der Waals surface area contributed by atoms with Gasteiger partial charge < -0.3 is 9.64 Å². The molecule has 1 heterocycles. The number of hydrogen-bond donors (Lipinski definition) is 0. The molecular formula is C18H15Cl2NO4S. The Morgan fingerprint density at radius 1 is 1.12 bits per heavy atom. The van der Waals surface area contributed by atoms with E-state index in [1.165, 1.54) is 17.0 Å². The van der Waals surface area contributed by atoms with Crippen molar-refractivity contribution in [3.05, 3.63) is 70.1 Å². The Bertz CT molecular complexity index is 945. The van der Waals surface area contributed by atoms with E-state index >= 15 is 0 Å². The fraction of sp³-hybridized carbons (Fsp3) is 0.167. The van der Waals surface area contributed by atoms with Crippen molar-refractivity contribution >= 4 is 44.6 Å². The number of rotatable bonds is 5. The Kier molecular flexibility index (Phi) is 5.55. The molecule has 26 heavy (non-hydrogen) atoms. The average molecular weight is 412 g/mol. The molecule has 0 fully saturated rings. The number of carbonyl (C=O) groups excluding carboxylic acids is 1. The molecule has 0 aromatic heterocycles. The van der Waals surface area contributed by atoms with Gasteiger partial charge in [-0.15, -0.1) is 0 Å². The van der Waals surface area contributed by atoms with Gasteiger partial charge in [0, 0.05) is 17.2 Å². The molecule has 8 heteroatoms. The average Bonchev–Trinajstić information content (AvgIpc) is 2.96. The molecule has 3 rings (SSSR count). The van der Waals surface area contributed by atoms with Crippen molar-refractivity contribution in [3.8, 4) is 5.75 Å². The summed E-state index contributed by atoms with van der Waals surface area (Å²) in [4.78, 5) is 14.2. The lowest BCUT2D eigenvalue weighted by Gasteiger charge is -2.27. The molecule has 1 aliphatic heterocycles. The van der Waals surface area contributed by atoms with Gasteiger partial charge in [0.25, 0.3) is 5.91 Å². The van der Waals surface area contributed by atoms with Crippen LogP contribution in [0.4, 0.5) is 5.69 Å². The SMILES string of the molecule is O=C(COc1ccc(Cl)c(Cl)c1)N(c1ccccc1)[C@@H]1C=CS(=O)(=O)C1. The van der Waals surface area contributed by atoms with Crippen LogP contribution in [-0.4, -0.2) is 32.7 Å². The van der Waals surface area contributed by atoms with E-state index < -0.39 is 15.9 Å². The Hall–Kier alpha value is -2.02. The Balaban J connectivity index is 1.79. The number of amides is 1. The van der Waals surface area contributed by atoms with Gasteiger partial charge in [-0.05, 0) is 30.3 Å². The summed E-state index contributed by atoms with van der Waals surface area (Å²) < 4.78 is 29.0. The van der Waals surface area contributed by atoms with Gasteiger partial charge in [0.1, 0.15) is 5.75 Å². The van der Waals surface area contributed by atoms with E-state index in [0.29, 0.717) is 21.5 Å². The Labute approximate surface area is 161 Å². The molecule has 0 N–H and O–H groups in total. The summed E-state index contributed by atoms with van der Waals surface area (Å²) in [6, 6.07) is 13.0. The first-order valence-corrected chi connectivity index (χ1v) is 10.2. The highest BCUT2D eigenvalue weighted by Crippen LogP contribution is 2.27. The molecule has 0 bridgehead atoms. The van der Waals surface area contributed by atoms with Crippen LogP contribution in [0.2, 0.25) is 10.0 Å². The quantitative estimate of drug-likeness (QED) is 0.751. The van der Waals surface area contributed by atoms with Gasteiger partial charge in [-0.25, -0.2) is 8.42 Å². The number of sulfone groups is 1. The van der Waals surface area contributed by atoms with Crippen LogP contribution in [0.15, 0.2) is 60.0 Å². The number of hydrogen-bond acceptors (Lipinski definition) is 4. The van der Waals surface area contributed by atoms with Gasteiger partial charge in [0.15, 0.2) is 16.4 Å². The molecule has 1 aliphatic rings. The van der Waals surface area contributed by atoms with Crippen molar-refractivity contribution in [3.63, 3.8) is 0 Å². The smallest absolute Gasteiger partial charge is 0.265 e. The molecule has 0 saturated carbocycles. The maximum absolute atomic E-state index is 12.8. The number of para-hydroxylation sites is 1. The minimum absolute atomic E-state index is 0.152. The van der Waals surface area contributed by atoms with Crippen molar-refractivity contribution < 1.29 is 17.9 Å². The first-order chi connectivity index (χ1) is 12.4. The number of ether oxygens (including phenoxy) is 1. The second-order valence-corrected chi connectivity index (χ2v) is 8.43. The summed E-state index contributed by atoms with van der Waals surface area (Å²) in [7, 11) is -3.31. The molecule has 136 valence electrons. The zero-order valence-corrected chi connectivity index (χ0v) is 15.8. The molecule has 2 aromatic rings. The summed E-state index contributed by atoms with van der Waals surface area (Å²) in [5.41, 5.74) is 0.599. The van der Waals surface area contributed by atoms with Crippen LogP contribution in [0.3, 0.4) is 0 Å². The van der Waals surface area contributed by atoms with E-state index in [0.717, 1.165) is 5.41 Å². The topological polar surface area (TPSA) is 63.7 Å². The van der Waals surface area contributed by atoms with E-state index in [1.807, 2.05) is 6.07 Å². The molecule has 5 nitrogen and oxygen atoms in total. The van der Waals surface area contributed by atoms with Crippen LogP contribution in [0.25, 0.3) is 0 Å². The summed E-state index contributed by atoms with van der Waals surface area (Å²) in [6.45, 7) is -0.267. The summed E-state index contributed by atoms with van der Waals surface area (Å²) in [5.74, 6) is -0.121. The summed E-state index contributed by atoms with van der Waals surface area (Å²) >= 11 is 11.8. The lowest BCUT2D eigenvalue weighted by atomic mass is 10.2. The van der Waals surface area contributed by atoms with E-state index in [4.69, 9.17) is 27.9 Å². The van der Waals surface area contributed by atoms with Crippen molar-refractivity contribution in [1.82, 2.24) is 0 Å². The lowest BCUT2D eigenvalue weighted by Crippen LogP contribution is -2.43. The zero-order chi connectivity index (χ0) is 18.7. The van der Waals surface area contributed by atoms with E-state index in [9.17, 15) is 13.2 Å². The van der Waals surface area contributed by atoms with Gasteiger partial charge in [0.2, 0.25) is 0 Å². The Morgan fingerprint density at radius 3 is 2.46 bits per heavy atom. The van der Waals surface area contributed by atoms with Crippen molar-refractivity contribution in [2.45, 2.75) is 6.04 Å². The fourth-order valence-corrected chi connectivity index (χ4v) is 4.17. The third-order valence-corrected chi connectivity index (χ3v) is 5.92. The molecule has 0 radical (unpaired) electrons. The fourth-order valence-electron chi connectivity index (χ4n) is 2.61. The predicted molar refractivity (Wildman–Crippen MR) is 103 cm³/mol. The summed E-state index contributed by atoms with van der Waals surface area (Å²) in [5, 5.41) is 1.85. The molecular weight excluding hydrogens is 397 g/mol. The molecule has 0 spiro atoms. The van der Waals surface area contributed by atoms with E-state index in [-0.39, 0.29) is 18.3 Å². The largest absolute Gasteiger partial charge is 0.484 e. The molecule has 2 aromatic carbocycles. The number of anilines is 1. The van der Waals surface area contributed by atoms with Crippen molar-refractivity contribution in [2.75, 3.05) is 17.3 Å². The molecule has 0 unspecified atom stereocenters. The highest BCUT2D eigenvalue weighted by molar-refractivity contribution is 7.94. The zero-order valence-electron chi connectivity index (χ0n) is 13.5. The molecule has 0 saturated heterocycles. The third-order valence-electron chi connectivity index (χ3n) is 3.80. The van der Waals surface area contributed by atoms with Gasteiger partial charge in [-0.2, -0.15) is 0 Å². The van der Waals surface area contributed by atoms with Gasteiger partial charge in [-0.1, -0.05) is 41.4 Å². The Morgan fingerprint density at radius 2 is 1.85 bits per heavy atom. The monoisotopic (exact) mass is 411 g/mol. The highest BCUT2D eigenvalue weighted by Gasteiger charge is 2.31. The van der Waals surface area contributed by atoms with Gasteiger partial charge in [-0.3, -0.25) is 4.79 Å². The standard InChI is InChI=1S/C18H15Cl2NO4S/c19-16-7-6-15(10-17(16)20)25-11-18(22)21(13-4-2-1-3-5-13)14-8-9-26(23,24)12-14/h1-10,14H,11-12H2/t14-/m1/s1. The van der Waals surface area contributed by atoms with E-state index in [1.54, 1.807) is 36.4 Å². The maximum Gasteiger partial charge on any atom is 0.265 e. The number of benzene rings is 2. The highest BCUT2D eigenvalue weighted by atomic mass is 35.5. The van der Waals surface area contributed by atoms with Gasteiger partial charge >= 0.3 is 0 Å². The normalized spacial score (nSPS) is 17.8. The first-order valence-electron chi connectivity index (χ1n) is 7.72. The van der Waals surface area contributed by atoms with Crippen LogP contribution >= 0.6 is 23.2 Å². The van der Waals surface area contributed by atoms with E-state index in [2.05, 4.69) is 0 Å². The van der Waals surface area contributed by atoms with Crippen LogP contribution in [0.1, 0.15) is 0 Å². The second kappa shape index (κ2) is 7.70.